The first-order valence-electron chi connectivity index (χ1n) is 8.74. The highest BCUT2D eigenvalue weighted by Crippen LogP contribution is 2.13. The van der Waals surface area contributed by atoms with Crippen molar-refractivity contribution in [1.29, 1.82) is 0 Å². The molecule has 5 nitrogen and oxygen atoms in total. The maximum atomic E-state index is 13.3. The molecule has 1 aliphatic heterocycles. The first kappa shape index (κ1) is 18.8. The topological polar surface area (TPSA) is 49.9 Å². The Labute approximate surface area is 156 Å². The lowest BCUT2D eigenvalue weighted by Gasteiger charge is -2.34. The Hall–Kier alpha value is -2.96. The lowest BCUT2D eigenvalue weighted by atomic mass is 10.1. The molecule has 1 aliphatic rings. The number of halogens is 2. The van der Waals surface area contributed by atoms with Gasteiger partial charge in [-0.2, -0.15) is 0 Å². The van der Waals surface area contributed by atoms with Gasteiger partial charge in [-0.15, -0.1) is 0 Å². The number of rotatable bonds is 5. The number of piperazine rings is 1. The molecule has 0 radical (unpaired) electrons. The second kappa shape index (κ2) is 8.62. The Morgan fingerprint density at radius 1 is 0.889 bits per heavy atom. The smallest absolute Gasteiger partial charge is 0.254 e. The fourth-order valence-corrected chi connectivity index (χ4v) is 2.91. The lowest BCUT2D eigenvalue weighted by molar-refractivity contribution is -0.133. The number of carbonyl (C=O) groups excluding carboxylic acids is 2. The fraction of sp³-hybridized carbons (Fsp3) is 0.300. The van der Waals surface area contributed by atoms with Crippen molar-refractivity contribution in [2.45, 2.75) is 6.42 Å². The third-order valence-corrected chi connectivity index (χ3v) is 4.39. The zero-order valence-electron chi connectivity index (χ0n) is 14.7. The molecule has 2 aromatic carbocycles. The van der Waals surface area contributed by atoms with Crippen molar-refractivity contribution >= 4 is 11.8 Å². The highest BCUT2D eigenvalue weighted by atomic mass is 19.1. The standard InChI is InChI=1S/C20H20F2N2O3/c21-16-4-6-18(7-5-16)27-13-8-19(25)23-9-11-24(12-10-23)20(26)15-2-1-3-17(22)14-15/h1-7,14H,8-13H2. The molecule has 0 atom stereocenters. The molecule has 1 saturated heterocycles. The van der Waals surface area contributed by atoms with Crippen LogP contribution in [0.4, 0.5) is 8.78 Å². The van der Waals surface area contributed by atoms with Gasteiger partial charge >= 0.3 is 0 Å². The zero-order chi connectivity index (χ0) is 19.2. The van der Waals surface area contributed by atoms with Crippen LogP contribution in [0, 0.1) is 11.6 Å². The van der Waals surface area contributed by atoms with Crippen LogP contribution < -0.4 is 4.74 Å². The van der Waals surface area contributed by atoms with E-state index in [9.17, 15) is 18.4 Å². The maximum absolute atomic E-state index is 13.3. The molecule has 0 aliphatic carbocycles. The Morgan fingerprint density at radius 2 is 1.56 bits per heavy atom. The quantitative estimate of drug-likeness (QED) is 0.809. The summed E-state index contributed by atoms with van der Waals surface area (Å²) in [5.74, 6) is -0.578. The maximum Gasteiger partial charge on any atom is 0.254 e. The van der Waals surface area contributed by atoms with Gasteiger partial charge in [-0.05, 0) is 42.5 Å². The van der Waals surface area contributed by atoms with Crippen LogP contribution in [0.15, 0.2) is 48.5 Å². The molecule has 2 aromatic rings. The number of nitrogens with zero attached hydrogens (tertiary/aromatic N) is 2. The van der Waals surface area contributed by atoms with E-state index in [0.29, 0.717) is 37.5 Å². The van der Waals surface area contributed by atoms with Crippen LogP contribution in [-0.4, -0.2) is 54.4 Å². The van der Waals surface area contributed by atoms with Gasteiger partial charge in [0, 0.05) is 31.7 Å². The van der Waals surface area contributed by atoms with Gasteiger partial charge in [-0.1, -0.05) is 6.07 Å². The van der Waals surface area contributed by atoms with Gasteiger partial charge in [-0.25, -0.2) is 8.78 Å². The van der Waals surface area contributed by atoms with Crippen molar-refractivity contribution in [3.05, 3.63) is 65.7 Å². The molecule has 1 heterocycles. The van der Waals surface area contributed by atoms with Gasteiger partial charge in [0.25, 0.3) is 5.91 Å². The first-order chi connectivity index (χ1) is 13.0. The molecule has 0 aromatic heterocycles. The summed E-state index contributed by atoms with van der Waals surface area (Å²) < 4.78 is 31.5. The Morgan fingerprint density at radius 3 is 2.22 bits per heavy atom. The molecule has 0 saturated carbocycles. The summed E-state index contributed by atoms with van der Waals surface area (Å²) in [4.78, 5) is 28.0. The van der Waals surface area contributed by atoms with Crippen LogP contribution in [0.5, 0.6) is 5.75 Å². The van der Waals surface area contributed by atoms with Crippen molar-refractivity contribution < 1.29 is 23.1 Å². The minimum atomic E-state index is -0.448. The number of benzene rings is 2. The number of amides is 2. The van der Waals surface area contributed by atoms with Crippen LogP contribution >= 0.6 is 0 Å². The third-order valence-electron chi connectivity index (χ3n) is 4.39. The van der Waals surface area contributed by atoms with Crippen molar-refractivity contribution in [2.75, 3.05) is 32.8 Å². The molecule has 0 N–H and O–H groups in total. The summed E-state index contributed by atoms with van der Waals surface area (Å²) in [5, 5.41) is 0. The monoisotopic (exact) mass is 374 g/mol. The SMILES string of the molecule is O=C(CCOc1ccc(F)cc1)N1CCN(C(=O)c2cccc(F)c2)CC1. The van der Waals surface area contributed by atoms with Crippen LogP contribution in [0.1, 0.15) is 16.8 Å². The van der Waals surface area contributed by atoms with E-state index in [4.69, 9.17) is 4.74 Å². The summed E-state index contributed by atoms with van der Waals surface area (Å²) >= 11 is 0. The molecule has 27 heavy (non-hydrogen) atoms. The van der Waals surface area contributed by atoms with Gasteiger partial charge in [0.15, 0.2) is 0 Å². The highest BCUT2D eigenvalue weighted by molar-refractivity contribution is 5.94. The molecule has 0 unspecified atom stereocenters. The molecule has 142 valence electrons. The number of ether oxygens (including phenoxy) is 1. The summed E-state index contributed by atoms with van der Waals surface area (Å²) in [6, 6.07) is 11.2. The Balaban J connectivity index is 1.43. The van der Waals surface area contributed by atoms with E-state index in [1.54, 1.807) is 15.9 Å². The summed E-state index contributed by atoms with van der Waals surface area (Å²) in [5.41, 5.74) is 0.308. The molecule has 2 amide bonds. The van der Waals surface area contributed by atoms with E-state index in [1.165, 1.54) is 42.5 Å². The Kier molecular flexibility index (Phi) is 6.01. The van der Waals surface area contributed by atoms with E-state index in [2.05, 4.69) is 0 Å². The summed E-state index contributed by atoms with van der Waals surface area (Å²) in [6.45, 7) is 1.86. The largest absolute Gasteiger partial charge is 0.493 e. The van der Waals surface area contributed by atoms with Gasteiger partial charge in [-0.3, -0.25) is 9.59 Å². The zero-order valence-corrected chi connectivity index (χ0v) is 14.7. The number of hydrogen-bond donors (Lipinski definition) is 0. The third kappa shape index (κ3) is 5.03. The molecule has 0 bridgehead atoms. The van der Waals surface area contributed by atoms with Crippen molar-refractivity contribution in [3.8, 4) is 5.75 Å². The fourth-order valence-electron chi connectivity index (χ4n) is 2.91. The van der Waals surface area contributed by atoms with E-state index in [0.717, 1.165) is 0 Å². The van der Waals surface area contributed by atoms with Gasteiger partial charge < -0.3 is 14.5 Å². The predicted molar refractivity (Wildman–Crippen MR) is 95.4 cm³/mol. The predicted octanol–water partition coefficient (Wildman–Crippen LogP) is 2.72. The minimum Gasteiger partial charge on any atom is -0.493 e. The second-order valence-electron chi connectivity index (χ2n) is 6.24. The average molecular weight is 374 g/mol. The van der Waals surface area contributed by atoms with Crippen molar-refractivity contribution in [2.24, 2.45) is 0 Å². The van der Waals surface area contributed by atoms with E-state index in [-0.39, 0.29) is 30.7 Å². The highest BCUT2D eigenvalue weighted by Gasteiger charge is 2.24. The first-order valence-corrected chi connectivity index (χ1v) is 8.74. The second-order valence-corrected chi connectivity index (χ2v) is 6.24. The summed E-state index contributed by atoms with van der Waals surface area (Å²) in [7, 11) is 0. The molecule has 1 fully saturated rings. The summed E-state index contributed by atoms with van der Waals surface area (Å²) in [6.07, 6.45) is 0.204. The normalized spacial score (nSPS) is 14.1. The number of hydrogen-bond acceptors (Lipinski definition) is 3. The van der Waals surface area contributed by atoms with E-state index in [1.807, 2.05) is 0 Å². The average Bonchev–Trinajstić information content (AvgIpc) is 2.69. The van der Waals surface area contributed by atoms with Crippen molar-refractivity contribution in [1.82, 2.24) is 9.80 Å². The van der Waals surface area contributed by atoms with Crippen LogP contribution in [0.2, 0.25) is 0 Å². The lowest BCUT2D eigenvalue weighted by Crippen LogP contribution is -2.50. The molecule has 0 spiro atoms. The van der Waals surface area contributed by atoms with Gasteiger partial charge in [0.1, 0.15) is 17.4 Å². The van der Waals surface area contributed by atoms with Crippen LogP contribution in [-0.2, 0) is 4.79 Å². The Bertz CT molecular complexity index is 803. The molecule has 7 heteroatoms. The van der Waals surface area contributed by atoms with Gasteiger partial charge in [0.2, 0.25) is 5.91 Å². The van der Waals surface area contributed by atoms with E-state index < -0.39 is 5.82 Å². The van der Waals surface area contributed by atoms with Crippen LogP contribution in [0.25, 0.3) is 0 Å². The van der Waals surface area contributed by atoms with Crippen LogP contribution in [0.3, 0.4) is 0 Å². The molecule has 3 rings (SSSR count). The van der Waals surface area contributed by atoms with Crippen molar-refractivity contribution in [3.63, 3.8) is 0 Å². The number of carbonyl (C=O) groups is 2. The van der Waals surface area contributed by atoms with E-state index >= 15 is 0 Å². The molecular formula is C20H20F2N2O3. The molecular weight excluding hydrogens is 354 g/mol. The minimum absolute atomic E-state index is 0.0602. The van der Waals surface area contributed by atoms with Gasteiger partial charge in [0.05, 0.1) is 13.0 Å².